The molecule has 538 valence electrons. The van der Waals surface area contributed by atoms with E-state index >= 15 is 0 Å². The molecule has 2 rings (SSSR count). The van der Waals surface area contributed by atoms with Crippen molar-refractivity contribution in [2.24, 2.45) is 51.2 Å². The zero-order valence-corrected chi connectivity index (χ0v) is 55.8. The zero-order valence-electron chi connectivity index (χ0n) is 55.8. The van der Waals surface area contributed by atoms with Crippen molar-refractivity contribution in [1.29, 1.82) is 0 Å². The predicted molar refractivity (Wildman–Crippen MR) is 354 cm³/mol. The van der Waals surface area contributed by atoms with Gasteiger partial charge < -0.3 is 108 Å². The summed E-state index contributed by atoms with van der Waals surface area (Å²) in [6.07, 6.45) is -1.66. The molecule has 0 aliphatic rings. The van der Waals surface area contributed by atoms with Gasteiger partial charge in [-0.3, -0.25) is 72.1 Å². The molecular weight excluding hydrogens is 1270 g/mol. The van der Waals surface area contributed by atoms with Crippen molar-refractivity contribution in [3.8, 4) is 0 Å². The van der Waals surface area contributed by atoms with Gasteiger partial charge >= 0.3 is 0 Å². The Morgan fingerprint density at radius 3 is 1.39 bits per heavy atom. The topological polar surface area (TPSA) is 592 Å². The molecule has 35 heteroatoms. The highest BCUT2D eigenvalue weighted by molar-refractivity contribution is 6.00. The molecule has 97 heavy (non-hydrogen) atoms. The van der Waals surface area contributed by atoms with Crippen molar-refractivity contribution >= 4 is 88.7 Å². The lowest BCUT2D eigenvalue weighted by molar-refractivity contribution is -0.137. The van der Waals surface area contributed by atoms with Gasteiger partial charge in [0.25, 0.3) is 0 Å². The molecule has 26 N–H and O–H groups in total. The van der Waals surface area contributed by atoms with E-state index in [9.17, 15) is 77.3 Å². The van der Waals surface area contributed by atoms with Gasteiger partial charge in [-0.2, -0.15) is 0 Å². The Labute approximate surface area is 562 Å². The lowest BCUT2D eigenvalue weighted by Crippen LogP contribution is -2.62. The smallest absolute Gasteiger partial charge is 0.245 e. The molecule has 0 saturated carbocycles. The summed E-state index contributed by atoms with van der Waals surface area (Å²) in [5.41, 5.74) is 34.4. The van der Waals surface area contributed by atoms with Gasteiger partial charge in [0.15, 0.2) is 5.96 Å². The molecule has 2 aromatic rings. The van der Waals surface area contributed by atoms with Crippen molar-refractivity contribution in [1.82, 2.24) is 63.8 Å². The molecule has 35 nitrogen and oxygen atoms in total. The maximum Gasteiger partial charge on any atom is 0.245 e. The van der Waals surface area contributed by atoms with E-state index in [0.717, 1.165) is 6.92 Å². The van der Waals surface area contributed by atoms with Crippen LogP contribution in [-0.2, 0) is 80.0 Å². The first kappa shape index (κ1) is 83.2. The second-order valence-corrected chi connectivity index (χ2v) is 23.9. The van der Waals surface area contributed by atoms with E-state index in [0.29, 0.717) is 24.0 Å². The third kappa shape index (κ3) is 31.5. The molecule has 0 fully saturated rings. The van der Waals surface area contributed by atoms with Crippen LogP contribution in [0.5, 0.6) is 0 Å². The first-order chi connectivity index (χ1) is 45.7. The van der Waals surface area contributed by atoms with Crippen LogP contribution in [0.25, 0.3) is 0 Å². The number of rotatable bonds is 44. The molecule has 0 aliphatic carbocycles. The largest absolute Gasteiger partial charge is 0.394 e. The van der Waals surface area contributed by atoms with E-state index in [2.05, 4.69) is 68.8 Å². The molecule has 14 amide bonds. The number of nitrogens with one attached hydrogen (secondary N) is 12. The molecule has 0 aliphatic heterocycles. The number of carbonyl (C=O) groups is 14. The number of aliphatic hydroxyl groups excluding tert-OH is 2. The quantitative estimate of drug-likeness (QED) is 0.0166. The summed E-state index contributed by atoms with van der Waals surface area (Å²) in [5, 5.41) is 50.2. The number of benzene rings is 2. The lowest BCUT2D eigenvalue weighted by atomic mass is 10.0. The lowest BCUT2D eigenvalue weighted by Gasteiger charge is -2.28. The number of hydrogen-bond acceptors (Lipinski definition) is 19. The van der Waals surface area contributed by atoms with Crippen LogP contribution in [0.3, 0.4) is 0 Å². The summed E-state index contributed by atoms with van der Waals surface area (Å²) in [7, 11) is 0. The number of aliphatic imine (C=N–C) groups is 1. The number of amides is 14. The molecule has 2 aromatic carbocycles. The van der Waals surface area contributed by atoms with Crippen LogP contribution in [0.15, 0.2) is 65.7 Å². The van der Waals surface area contributed by atoms with Crippen LogP contribution < -0.4 is 98.2 Å². The highest BCUT2D eigenvalue weighted by atomic mass is 16.3. The van der Waals surface area contributed by atoms with Gasteiger partial charge in [0.1, 0.15) is 66.5 Å². The normalized spacial score (nSPS) is 14.7. The Balaban J connectivity index is 2.20. The van der Waals surface area contributed by atoms with Crippen LogP contribution in [-0.4, -0.2) is 204 Å². The zero-order chi connectivity index (χ0) is 73.1. The minimum absolute atomic E-state index is 0.000520. The Morgan fingerprint density at radius 1 is 0.454 bits per heavy atom. The Morgan fingerprint density at radius 2 is 0.897 bits per heavy atom. The fourth-order valence-electron chi connectivity index (χ4n) is 9.36. The van der Waals surface area contributed by atoms with Gasteiger partial charge in [0.05, 0.1) is 32.2 Å². The van der Waals surface area contributed by atoms with E-state index in [1.54, 1.807) is 74.5 Å². The fourth-order valence-corrected chi connectivity index (χ4v) is 9.36. The molecule has 12 atom stereocenters. The van der Waals surface area contributed by atoms with Crippen LogP contribution in [0, 0.1) is 11.8 Å². The van der Waals surface area contributed by atoms with Crippen molar-refractivity contribution in [2.45, 2.75) is 179 Å². The van der Waals surface area contributed by atoms with Gasteiger partial charge in [-0.15, -0.1) is 0 Å². The van der Waals surface area contributed by atoms with E-state index in [-0.39, 0.29) is 63.5 Å². The molecule has 0 bridgehead atoms. The minimum atomic E-state index is -1.84. The Kier molecular flexibility index (Phi) is 37.1. The summed E-state index contributed by atoms with van der Waals surface area (Å²) in [6.45, 7) is 8.13. The molecule has 0 radical (unpaired) electrons. The molecule has 0 saturated heterocycles. The average Bonchev–Trinajstić information content (AvgIpc) is 1.09. The second-order valence-electron chi connectivity index (χ2n) is 23.9. The second kappa shape index (κ2) is 43.3. The van der Waals surface area contributed by atoms with Crippen molar-refractivity contribution in [2.75, 3.05) is 32.8 Å². The number of carbonyl (C=O) groups excluding carboxylic acids is 14. The van der Waals surface area contributed by atoms with Gasteiger partial charge in [0.2, 0.25) is 82.7 Å². The summed E-state index contributed by atoms with van der Waals surface area (Å²) in [6, 6.07) is 1.15. The maximum atomic E-state index is 14.0. The minimum Gasteiger partial charge on any atom is -0.394 e. The number of aliphatic hydroxyl groups is 2. The monoisotopic (exact) mass is 1370 g/mol. The number of guanidine groups is 1. The Hall–Kier alpha value is -9.87. The highest BCUT2D eigenvalue weighted by Gasteiger charge is 2.37. The van der Waals surface area contributed by atoms with E-state index < -0.39 is 187 Å². The third-order valence-electron chi connectivity index (χ3n) is 14.7. The van der Waals surface area contributed by atoms with Crippen LogP contribution in [0.4, 0.5) is 0 Å². The summed E-state index contributed by atoms with van der Waals surface area (Å²) >= 11 is 0. The standard InChI is InChI=1S/C62H99N19O16/c1-32(2)25-42(77-53(89)35(6)71-60(96)49(33(3)4)80-58(94)44(28-46(65)84)78-55(91)40(21-14-15-23-63)76-57(93)43(74-47(85)29-64)27-38-19-12-9-13-20-38)56(92)79-45(31-82)59(95)81-50(36(7)83)61(97)72-34(5)52(88)75-39(22-16-24-69-62(67)68)54(90)70-30-48(86)73-41(51(66)87)26-37-17-10-8-11-18-37/h8-13,17-20,32-36,39-45,49-50,82-83H,14-16,21-31,63-64H2,1-7H3,(H2,65,84)(H2,66,87)(H,70,90)(H,71,96)(H,72,97)(H,73,86)(H,74,85)(H,75,88)(H,76,93)(H,77,89)(H,78,91)(H,79,92)(H,80,94)(H,81,95)(H4,67,68,69)/t34-,35-,36+,39-,40-,41-,42-,43-,44?,45-,49-,50-/m0/s1. The SMILES string of the molecule is CC(C)C[C@H](NC(=O)[C@H](C)NC(=O)[C@@H](NC(=O)C(CC(N)=O)NC(=O)[C@H](CCCCN)NC(=O)[C@H](Cc1ccccc1)NC(=O)CN)C(C)C)C(=O)N[C@@H](CO)C(=O)N[C@H](C(=O)N[C@@H](C)C(=O)N[C@@H](CCCN=C(N)N)C(=O)NCC(=O)N[C@@H](Cc1ccccc1)C(N)=O)[C@@H](C)O. The summed E-state index contributed by atoms with van der Waals surface area (Å²) in [4.78, 5) is 191. The third-order valence-corrected chi connectivity index (χ3v) is 14.7. The molecule has 0 aromatic heterocycles. The molecule has 0 heterocycles. The van der Waals surface area contributed by atoms with Crippen molar-refractivity contribution < 1.29 is 77.3 Å². The van der Waals surface area contributed by atoms with Gasteiger partial charge in [0, 0.05) is 19.4 Å². The summed E-state index contributed by atoms with van der Waals surface area (Å²) in [5.74, 6) is -14.4. The van der Waals surface area contributed by atoms with Gasteiger partial charge in [-0.05, 0) is 88.8 Å². The number of primary amides is 2. The van der Waals surface area contributed by atoms with Crippen molar-refractivity contribution in [3.05, 3.63) is 71.8 Å². The molecule has 0 spiro atoms. The van der Waals surface area contributed by atoms with Gasteiger partial charge in [-0.25, -0.2) is 0 Å². The first-order valence-electron chi connectivity index (χ1n) is 31.7. The number of hydrogen-bond donors (Lipinski definition) is 20. The average molecular weight is 1370 g/mol. The highest BCUT2D eigenvalue weighted by Crippen LogP contribution is 2.12. The Bertz CT molecular complexity index is 3010. The van der Waals surface area contributed by atoms with Crippen LogP contribution in [0.2, 0.25) is 0 Å². The van der Waals surface area contributed by atoms with Crippen LogP contribution >= 0.6 is 0 Å². The van der Waals surface area contributed by atoms with E-state index in [1.807, 2.05) is 0 Å². The van der Waals surface area contributed by atoms with E-state index in [1.165, 1.54) is 27.7 Å². The number of nitrogens with zero attached hydrogens (tertiary/aromatic N) is 1. The number of nitrogens with two attached hydrogens (primary N) is 6. The molecular formula is C62H99N19O16. The van der Waals surface area contributed by atoms with Crippen molar-refractivity contribution in [3.63, 3.8) is 0 Å². The van der Waals surface area contributed by atoms with Gasteiger partial charge in [-0.1, -0.05) is 88.4 Å². The maximum absolute atomic E-state index is 14.0. The predicted octanol–water partition coefficient (Wildman–Crippen LogP) is -7.46. The first-order valence-corrected chi connectivity index (χ1v) is 31.7. The van der Waals surface area contributed by atoms with E-state index in [4.69, 9.17) is 34.4 Å². The number of unbranched alkanes of at least 4 members (excludes halogenated alkanes) is 1. The fraction of sp³-hybridized carbons (Fsp3) is 0.565. The molecule has 1 unspecified atom stereocenters. The summed E-state index contributed by atoms with van der Waals surface area (Å²) < 4.78 is 0. The van der Waals surface area contributed by atoms with Crippen LogP contribution in [0.1, 0.15) is 105 Å².